The van der Waals surface area contributed by atoms with Crippen molar-refractivity contribution < 1.29 is 4.79 Å². The van der Waals surface area contributed by atoms with Crippen LogP contribution in [-0.4, -0.2) is 45.9 Å². The first-order chi connectivity index (χ1) is 15.3. The molecule has 3 aromatic rings. The van der Waals surface area contributed by atoms with Gasteiger partial charge in [0.2, 0.25) is 0 Å². The van der Waals surface area contributed by atoms with Gasteiger partial charge < -0.3 is 10.2 Å². The van der Waals surface area contributed by atoms with Crippen molar-refractivity contribution in [2.75, 3.05) is 19.6 Å². The second-order valence-electron chi connectivity index (χ2n) is 8.38. The fourth-order valence-electron chi connectivity index (χ4n) is 4.47. The zero-order valence-electron chi connectivity index (χ0n) is 18.5. The summed E-state index contributed by atoms with van der Waals surface area (Å²) in [5.41, 5.74) is 3.32. The van der Waals surface area contributed by atoms with Crippen molar-refractivity contribution in [3.05, 3.63) is 70.9 Å². The number of rotatable bonds is 7. The van der Waals surface area contributed by atoms with E-state index < -0.39 is 0 Å². The molecule has 5 nitrogen and oxygen atoms in total. The van der Waals surface area contributed by atoms with E-state index in [0.29, 0.717) is 0 Å². The highest BCUT2D eigenvalue weighted by Crippen LogP contribution is 2.34. The summed E-state index contributed by atoms with van der Waals surface area (Å²) in [7, 11) is 0. The van der Waals surface area contributed by atoms with E-state index in [0.717, 1.165) is 60.2 Å². The maximum Gasteiger partial charge on any atom is 0.258 e. The van der Waals surface area contributed by atoms with E-state index in [1.54, 1.807) is 0 Å². The second-order valence-corrected chi connectivity index (χ2v) is 9.45. The third-order valence-corrected chi connectivity index (χ3v) is 7.24. The molecule has 0 spiro atoms. The predicted molar refractivity (Wildman–Crippen MR) is 141 cm³/mol. The van der Waals surface area contributed by atoms with Crippen LogP contribution in [0.5, 0.6) is 0 Å². The number of hydrogen-bond donors (Lipinski definition) is 1. The lowest BCUT2D eigenvalue weighted by molar-refractivity contribution is -0.117. The van der Waals surface area contributed by atoms with E-state index >= 15 is 0 Å². The quantitative estimate of drug-likeness (QED) is 0.447. The van der Waals surface area contributed by atoms with Gasteiger partial charge in [0.05, 0.1) is 21.8 Å². The van der Waals surface area contributed by atoms with Gasteiger partial charge in [-0.3, -0.25) is 9.20 Å². The molecule has 176 valence electrons. The minimum Gasteiger partial charge on any atom is -0.349 e. The van der Waals surface area contributed by atoms with Crippen LogP contribution in [0.25, 0.3) is 11.7 Å². The lowest BCUT2D eigenvalue weighted by Crippen LogP contribution is -2.45. The Morgan fingerprint density at radius 2 is 1.82 bits per heavy atom. The Kier molecular flexibility index (Phi) is 9.27. The smallest absolute Gasteiger partial charge is 0.258 e. The molecule has 2 aromatic heterocycles. The molecule has 1 saturated heterocycles. The zero-order valence-corrected chi connectivity index (χ0v) is 20.9. The van der Waals surface area contributed by atoms with Gasteiger partial charge in [0.1, 0.15) is 5.65 Å². The zero-order chi connectivity index (χ0) is 21.0. The predicted octanol–water partition coefficient (Wildman–Crippen LogP) is 5.23. The van der Waals surface area contributed by atoms with Gasteiger partial charge in [-0.05, 0) is 62.4 Å². The lowest BCUT2D eigenvalue weighted by Gasteiger charge is -2.32. The molecule has 4 heterocycles. The highest BCUT2D eigenvalue weighted by Gasteiger charge is 2.24. The molecule has 1 fully saturated rings. The van der Waals surface area contributed by atoms with E-state index in [1.165, 1.54) is 30.2 Å². The molecule has 0 bridgehead atoms. The van der Waals surface area contributed by atoms with Gasteiger partial charge in [0.15, 0.2) is 0 Å². The van der Waals surface area contributed by atoms with E-state index in [4.69, 9.17) is 0 Å². The molecule has 1 N–H and O–H groups in total. The molecule has 0 saturated carbocycles. The Balaban J connectivity index is 0.00000153. The summed E-state index contributed by atoms with van der Waals surface area (Å²) in [5.74, 6) is 0.0377. The molecule has 5 rings (SSSR count). The standard InChI is InChI=1S/C25H28N4OS.2ClH/c30-25(22-17-21-18-26-23-10-6-11-24(31-22)29(21)23)27-20-12-15-28(16-13-20)14-5-4-9-19-7-2-1-3-8-19;;/h1-3,6-8,10-11,17-18,20H,4-5,9,12-16H2,(H,27,30);2*1H. The van der Waals surface area contributed by atoms with Gasteiger partial charge >= 0.3 is 0 Å². The number of imidazole rings is 1. The molecular weight excluding hydrogens is 475 g/mol. The summed E-state index contributed by atoms with van der Waals surface area (Å²) < 4.78 is 2.09. The Morgan fingerprint density at radius 3 is 2.61 bits per heavy atom. The van der Waals surface area contributed by atoms with Gasteiger partial charge in [-0.15, -0.1) is 24.8 Å². The van der Waals surface area contributed by atoms with Crippen LogP contribution in [0.15, 0.2) is 64.7 Å². The van der Waals surface area contributed by atoms with Crippen molar-refractivity contribution in [2.24, 2.45) is 0 Å². The molecule has 33 heavy (non-hydrogen) atoms. The van der Waals surface area contributed by atoms with Crippen molar-refractivity contribution in [3.8, 4) is 0 Å². The third-order valence-electron chi connectivity index (χ3n) is 6.19. The van der Waals surface area contributed by atoms with Crippen LogP contribution < -0.4 is 5.32 Å². The van der Waals surface area contributed by atoms with E-state index in [2.05, 4.69) is 49.9 Å². The average molecular weight is 506 g/mol. The molecule has 0 radical (unpaired) electrons. The Morgan fingerprint density at radius 1 is 1.03 bits per heavy atom. The second kappa shape index (κ2) is 11.9. The van der Waals surface area contributed by atoms with Crippen LogP contribution in [0.3, 0.4) is 0 Å². The number of piperidine rings is 1. The first kappa shape index (κ1) is 25.6. The molecule has 1 amide bonds. The number of amides is 1. The van der Waals surface area contributed by atoms with Crippen LogP contribution in [0, 0.1) is 0 Å². The largest absolute Gasteiger partial charge is 0.349 e. The minimum absolute atomic E-state index is 0. The van der Waals surface area contributed by atoms with Crippen molar-refractivity contribution in [3.63, 3.8) is 0 Å². The lowest BCUT2D eigenvalue weighted by atomic mass is 10.0. The minimum atomic E-state index is 0. The van der Waals surface area contributed by atoms with E-state index in [9.17, 15) is 4.79 Å². The van der Waals surface area contributed by atoms with Gasteiger partial charge in [-0.1, -0.05) is 48.2 Å². The van der Waals surface area contributed by atoms with Crippen LogP contribution >= 0.6 is 36.6 Å². The molecular formula is C25H30Cl2N4OS. The monoisotopic (exact) mass is 504 g/mol. The first-order valence-electron chi connectivity index (χ1n) is 11.2. The number of likely N-dealkylation sites (tertiary alicyclic amines) is 1. The number of aromatic nitrogens is 2. The molecule has 2 aliphatic heterocycles. The highest BCUT2D eigenvalue weighted by molar-refractivity contribution is 8.04. The molecule has 8 heteroatoms. The average Bonchev–Trinajstić information content (AvgIpc) is 3.23. The van der Waals surface area contributed by atoms with Crippen molar-refractivity contribution in [1.29, 1.82) is 0 Å². The SMILES string of the molecule is Cl.Cl.O=C(NC1CCN(CCCCc2ccccc2)CC1)C1=Cc2cnc3cccc(n23)S1. The molecule has 0 aliphatic carbocycles. The fourth-order valence-corrected chi connectivity index (χ4v) is 5.46. The normalized spacial score (nSPS) is 15.9. The van der Waals surface area contributed by atoms with Gasteiger partial charge in [-0.2, -0.15) is 0 Å². The molecule has 1 aromatic carbocycles. The van der Waals surface area contributed by atoms with Gasteiger partial charge in [-0.25, -0.2) is 4.98 Å². The van der Waals surface area contributed by atoms with Gasteiger partial charge in [0.25, 0.3) is 5.91 Å². The van der Waals surface area contributed by atoms with E-state index in [1.807, 2.05) is 30.5 Å². The number of halogens is 2. The number of pyridine rings is 1. The number of unbranched alkanes of at least 4 members (excludes halogenated alkanes) is 1. The first-order valence-corrected chi connectivity index (χ1v) is 12.0. The number of benzene rings is 1. The Bertz CT molecular complexity index is 1090. The molecule has 0 unspecified atom stereocenters. The molecule has 2 aliphatic rings. The summed E-state index contributed by atoms with van der Waals surface area (Å²) in [6.07, 6.45) is 9.46. The number of nitrogens with zero attached hydrogens (tertiary/aromatic N) is 3. The number of carbonyl (C=O) groups excluding carboxylic acids is 1. The Labute approximate surface area is 211 Å². The van der Waals surface area contributed by atoms with Crippen molar-refractivity contribution in [1.82, 2.24) is 19.6 Å². The summed E-state index contributed by atoms with van der Waals surface area (Å²) in [6, 6.07) is 17.0. The summed E-state index contributed by atoms with van der Waals surface area (Å²) in [5, 5.41) is 4.31. The van der Waals surface area contributed by atoms with E-state index in [-0.39, 0.29) is 36.8 Å². The maximum atomic E-state index is 12.9. The Hall–Kier alpha value is -1.99. The van der Waals surface area contributed by atoms with Crippen LogP contribution in [-0.2, 0) is 11.2 Å². The number of hydrogen-bond acceptors (Lipinski definition) is 4. The number of nitrogens with one attached hydrogen (secondary N) is 1. The highest BCUT2D eigenvalue weighted by atomic mass is 35.5. The maximum absolute atomic E-state index is 12.9. The topological polar surface area (TPSA) is 49.6 Å². The van der Waals surface area contributed by atoms with Crippen LogP contribution in [0.4, 0.5) is 0 Å². The fraction of sp³-hybridized carbons (Fsp3) is 0.360. The van der Waals surface area contributed by atoms with Crippen molar-refractivity contribution >= 4 is 54.2 Å². The third kappa shape index (κ3) is 6.12. The summed E-state index contributed by atoms with van der Waals surface area (Å²) >= 11 is 1.52. The van der Waals surface area contributed by atoms with Crippen LogP contribution in [0.1, 0.15) is 36.9 Å². The van der Waals surface area contributed by atoms with Crippen LogP contribution in [0.2, 0.25) is 0 Å². The number of thioether (sulfide) groups is 1. The van der Waals surface area contributed by atoms with Gasteiger partial charge in [0, 0.05) is 19.1 Å². The summed E-state index contributed by atoms with van der Waals surface area (Å²) in [6.45, 7) is 3.28. The summed E-state index contributed by atoms with van der Waals surface area (Å²) in [4.78, 5) is 20.6. The number of aryl methyl sites for hydroxylation is 1. The molecule has 0 atom stereocenters. The number of carbonyl (C=O) groups is 1. The van der Waals surface area contributed by atoms with Crippen molar-refractivity contribution in [2.45, 2.75) is 43.2 Å².